The molecule has 0 aromatic rings. The lowest BCUT2D eigenvalue weighted by molar-refractivity contribution is -0.143. The van der Waals surface area contributed by atoms with Gasteiger partial charge in [-0.2, -0.15) is 11.8 Å². The van der Waals surface area contributed by atoms with Crippen LogP contribution in [-0.4, -0.2) is 87.8 Å². The van der Waals surface area contributed by atoms with E-state index in [4.69, 9.17) is 10.8 Å². The molecule has 0 heterocycles. The summed E-state index contributed by atoms with van der Waals surface area (Å²) < 4.78 is 0. The monoisotopic (exact) mass is 464 g/mol. The van der Waals surface area contributed by atoms with E-state index in [1.54, 1.807) is 13.2 Å². The van der Waals surface area contributed by atoms with Gasteiger partial charge in [0.1, 0.15) is 18.1 Å². The third kappa shape index (κ3) is 10.5. The number of nitrogens with one attached hydrogen (secondary N) is 3. The van der Waals surface area contributed by atoms with Crippen LogP contribution in [0.4, 0.5) is 0 Å². The highest BCUT2D eigenvalue weighted by molar-refractivity contribution is 7.98. The zero-order valence-corrected chi connectivity index (χ0v) is 18.6. The van der Waals surface area contributed by atoms with E-state index in [0.717, 1.165) is 0 Å². The molecule has 0 aliphatic heterocycles. The molecule has 0 aromatic heterocycles. The van der Waals surface area contributed by atoms with Crippen molar-refractivity contribution in [2.24, 2.45) is 11.7 Å². The normalized spacial score (nSPS) is 15.6. The van der Waals surface area contributed by atoms with Crippen molar-refractivity contribution in [3.8, 4) is 0 Å². The summed E-state index contributed by atoms with van der Waals surface area (Å²) in [5.41, 5.74) is 5.80. The summed E-state index contributed by atoms with van der Waals surface area (Å²) in [5.74, 6) is -5.15. The maximum atomic E-state index is 12.5. The lowest BCUT2D eigenvalue weighted by atomic mass is 9.99. The maximum Gasteiger partial charge on any atom is 0.326 e. The molecule has 178 valence electrons. The summed E-state index contributed by atoms with van der Waals surface area (Å²) in [7, 11) is 0. The van der Waals surface area contributed by atoms with Crippen LogP contribution in [0, 0.1) is 5.92 Å². The molecular weight excluding hydrogens is 432 g/mol. The van der Waals surface area contributed by atoms with Gasteiger partial charge < -0.3 is 37.0 Å². The van der Waals surface area contributed by atoms with E-state index in [0.29, 0.717) is 12.2 Å². The Bertz CT molecular complexity index is 648. The number of aliphatic hydroxyl groups is 1. The molecule has 0 saturated heterocycles. The van der Waals surface area contributed by atoms with Crippen LogP contribution in [-0.2, 0) is 24.0 Å². The second kappa shape index (κ2) is 14.6. The first-order valence-corrected chi connectivity index (χ1v) is 11.1. The highest BCUT2D eigenvalue weighted by Gasteiger charge is 2.31. The third-order valence-electron chi connectivity index (χ3n) is 4.61. The predicted molar refractivity (Wildman–Crippen MR) is 113 cm³/mol. The molecule has 13 heteroatoms. The summed E-state index contributed by atoms with van der Waals surface area (Å²) in [6.07, 6.45) is 1.69. The Hall–Kier alpha value is -2.38. The van der Waals surface area contributed by atoms with Crippen molar-refractivity contribution in [1.82, 2.24) is 16.0 Å². The Balaban J connectivity index is 5.25. The topological polar surface area (TPSA) is 208 Å². The minimum absolute atomic E-state index is 0.125. The highest BCUT2D eigenvalue weighted by atomic mass is 32.2. The Morgan fingerprint density at radius 1 is 0.935 bits per heavy atom. The van der Waals surface area contributed by atoms with Gasteiger partial charge >= 0.3 is 11.9 Å². The summed E-state index contributed by atoms with van der Waals surface area (Å²) in [6, 6.07) is -5.29. The number of carboxylic acids is 2. The van der Waals surface area contributed by atoms with Crippen LogP contribution < -0.4 is 21.7 Å². The first-order chi connectivity index (χ1) is 14.5. The molecule has 5 unspecified atom stereocenters. The van der Waals surface area contributed by atoms with Crippen molar-refractivity contribution in [2.45, 2.75) is 57.3 Å². The molecule has 0 spiro atoms. The molecule has 8 N–H and O–H groups in total. The average molecular weight is 465 g/mol. The van der Waals surface area contributed by atoms with Gasteiger partial charge in [0.15, 0.2) is 0 Å². The fourth-order valence-electron chi connectivity index (χ4n) is 2.40. The number of aliphatic hydroxyl groups excluding tert-OH is 1. The van der Waals surface area contributed by atoms with Gasteiger partial charge in [-0.3, -0.25) is 19.2 Å². The van der Waals surface area contributed by atoms with Crippen LogP contribution in [0.2, 0.25) is 0 Å². The number of thioether (sulfide) groups is 1. The van der Waals surface area contributed by atoms with Crippen LogP contribution in [0.1, 0.15) is 33.1 Å². The SMILES string of the molecule is CCC(C)C(N)C(=O)NC(CC(=O)O)C(=O)NC(CO)C(=O)NC(CCSC)C(=O)O. The van der Waals surface area contributed by atoms with E-state index in [9.17, 15) is 34.2 Å². The molecule has 0 radical (unpaired) electrons. The first kappa shape index (κ1) is 28.6. The zero-order valence-electron chi connectivity index (χ0n) is 17.8. The number of amides is 3. The van der Waals surface area contributed by atoms with Crippen molar-refractivity contribution < 1.29 is 39.3 Å². The van der Waals surface area contributed by atoms with Crippen molar-refractivity contribution in [1.29, 1.82) is 0 Å². The standard InChI is InChI=1S/C18H32N4O8S/c1-4-9(2)14(19)17(28)21-11(7-13(24)25)15(26)22-12(8-23)16(27)20-10(18(29)30)5-6-31-3/h9-12,14,23H,4-8,19H2,1-3H3,(H,20,27)(H,21,28)(H,22,26)(H,24,25)(H,29,30). The molecule has 0 aliphatic carbocycles. The van der Waals surface area contributed by atoms with Gasteiger partial charge in [0.25, 0.3) is 0 Å². The summed E-state index contributed by atoms with van der Waals surface area (Å²) in [5, 5.41) is 34.3. The van der Waals surface area contributed by atoms with Gasteiger partial charge in [0.05, 0.1) is 19.1 Å². The van der Waals surface area contributed by atoms with Gasteiger partial charge in [-0.15, -0.1) is 0 Å². The van der Waals surface area contributed by atoms with E-state index >= 15 is 0 Å². The molecule has 0 aromatic carbocycles. The number of hydrogen-bond donors (Lipinski definition) is 7. The van der Waals surface area contributed by atoms with E-state index in [-0.39, 0.29) is 12.3 Å². The quantitative estimate of drug-likeness (QED) is 0.143. The van der Waals surface area contributed by atoms with Crippen LogP contribution in [0.25, 0.3) is 0 Å². The Morgan fingerprint density at radius 2 is 1.45 bits per heavy atom. The maximum absolute atomic E-state index is 12.5. The number of aliphatic carboxylic acids is 2. The fourth-order valence-corrected chi connectivity index (χ4v) is 2.87. The summed E-state index contributed by atoms with van der Waals surface area (Å²) in [4.78, 5) is 59.4. The predicted octanol–water partition coefficient (Wildman–Crippen LogP) is -1.88. The number of nitrogens with two attached hydrogens (primary N) is 1. The van der Waals surface area contributed by atoms with Crippen molar-refractivity contribution in [2.75, 3.05) is 18.6 Å². The van der Waals surface area contributed by atoms with E-state index < -0.39 is 66.9 Å². The minimum Gasteiger partial charge on any atom is -0.481 e. The Labute approximate surface area is 184 Å². The molecule has 0 fully saturated rings. The van der Waals surface area contributed by atoms with Crippen LogP contribution in [0.5, 0.6) is 0 Å². The fraction of sp³-hybridized carbons (Fsp3) is 0.722. The smallest absolute Gasteiger partial charge is 0.326 e. The number of carbonyl (C=O) groups excluding carboxylic acids is 3. The molecule has 12 nitrogen and oxygen atoms in total. The van der Waals surface area contributed by atoms with Gasteiger partial charge in [-0.25, -0.2) is 4.79 Å². The third-order valence-corrected chi connectivity index (χ3v) is 5.26. The Morgan fingerprint density at radius 3 is 1.90 bits per heavy atom. The van der Waals surface area contributed by atoms with E-state index in [1.165, 1.54) is 11.8 Å². The average Bonchev–Trinajstić information content (AvgIpc) is 2.72. The molecular formula is C18H32N4O8S. The van der Waals surface area contributed by atoms with Gasteiger partial charge in [0, 0.05) is 0 Å². The largest absolute Gasteiger partial charge is 0.481 e. The second-order valence-electron chi connectivity index (χ2n) is 6.99. The van der Waals surface area contributed by atoms with Crippen LogP contribution in [0.15, 0.2) is 0 Å². The van der Waals surface area contributed by atoms with Gasteiger partial charge in [-0.05, 0) is 24.3 Å². The zero-order chi connectivity index (χ0) is 24.1. The van der Waals surface area contributed by atoms with Crippen molar-refractivity contribution in [3.05, 3.63) is 0 Å². The van der Waals surface area contributed by atoms with E-state index in [2.05, 4.69) is 16.0 Å². The summed E-state index contributed by atoms with van der Waals surface area (Å²) >= 11 is 1.38. The molecule has 0 bridgehead atoms. The Kier molecular flexibility index (Phi) is 13.5. The van der Waals surface area contributed by atoms with E-state index in [1.807, 2.05) is 6.92 Å². The molecule has 3 amide bonds. The second-order valence-corrected chi connectivity index (χ2v) is 7.98. The molecule has 5 atom stereocenters. The highest BCUT2D eigenvalue weighted by Crippen LogP contribution is 2.06. The van der Waals surface area contributed by atoms with Crippen molar-refractivity contribution in [3.63, 3.8) is 0 Å². The number of rotatable bonds is 15. The van der Waals surface area contributed by atoms with Gasteiger partial charge in [0.2, 0.25) is 17.7 Å². The summed E-state index contributed by atoms with van der Waals surface area (Å²) in [6.45, 7) is 2.67. The van der Waals surface area contributed by atoms with Gasteiger partial charge in [-0.1, -0.05) is 20.3 Å². The lowest BCUT2D eigenvalue weighted by Gasteiger charge is -2.24. The first-order valence-electron chi connectivity index (χ1n) is 9.69. The molecule has 0 saturated carbocycles. The lowest BCUT2D eigenvalue weighted by Crippen LogP contribution is -2.58. The molecule has 0 rings (SSSR count). The van der Waals surface area contributed by atoms with Crippen molar-refractivity contribution >= 4 is 41.4 Å². The van der Waals surface area contributed by atoms with Crippen LogP contribution >= 0.6 is 11.8 Å². The number of hydrogen-bond acceptors (Lipinski definition) is 8. The number of carboxylic acid groups (broad SMARTS) is 2. The molecule has 0 aliphatic rings. The minimum atomic E-state index is -1.55. The number of carbonyl (C=O) groups is 5. The molecule has 31 heavy (non-hydrogen) atoms. The van der Waals surface area contributed by atoms with Crippen LogP contribution in [0.3, 0.4) is 0 Å².